The third kappa shape index (κ3) is 1.24. The Morgan fingerprint density at radius 1 is 1.42 bits per heavy atom. The standard InChI is InChI=1S/C8H13NO2S/c1-6-4-7-2-3-8(5-6)9(7)12(10)11/h2-3,6-8H,4-5H2,1H3,(H,10,11)/t7-,8-/m0/s1. The third-order valence-corrected chi connectivity index (χ3v) is 3.58. The summed E-state index contributed by atoms with van der Waals surface area (Å²) in [6.07, 6.45) is 6.14. The van der Waals surface area contributed by atoms with Crippen LogP contribution in [-0.2, 0) is 11.3 Å². The molecular formula is C8H13NO2S. The van der Waals surface area contributed by atoms with Gasteiger partial charge in [0.1, 0.15) is 0 Å². The monoisotopic (exact) mass is 187 g/mol. The first-order valence-corrected chi connectivity index (χ1v) is 5.32. The number of hydrogen-bond donors (Lipinski definition) is 1. The van der Waals surface area contributed by atoms with Crippen LogP contribution >= 0.6 is 0 Å². The molecule has 0 aromatic carbocycles. The highest BCUT2D eigenvalue weighted by Gasteiger charge is 2.38. The molecule has 4 heteroatoms. The zero-order valence-electron chi connectivity index (χ0n) is 7.01. The van der Waals surface area contributed by atoms with Crippen molar-refractivity contribution in [2.45, 2.75) is 31.8 Å². The Kier molecular flexibility index (Phi) is 2.06. The highest BCUT2D eigenvalue weighted by molar-refractivity contribution is 7.76. The van der Waals surface area contributed by atoms with Crippen molar-refractivity contribution in [1.29, 1.82) is 0 Å². The van der Waals surface area contributed by atoms with Gasteiger partial charge in [-0.25, -0.2) is 4.21 Å². The van der Waals surface area contributed by atoms with E-state index in [4.69, 9.17) is 4.55 Å². The topological polar surface area (TPSA) is 40.5 Å². The van der Waals surface area contributed by atoms with Crippen molar-refractivity contribution >= 4 is 11.3 Å². The molecule has 0 spiro atoms. The summed E-state index contributed by atoms with van der Waals surface area (Å²) in [5, 5.41) is 0. The minimum Gasteiger partial charge on any atom is -0.294 e. The van der Waals surface area contributed by atoms with Crippen LogP contribution in [0.2, 0.25) is 0 Å². The Morgan fingerprint density at radius 2 is 1.92 bits per heavy atom. The second-order valence-electron chi connectivity index (χ2n) is 3.69. The molecule has 2 rings (SSSR count). The van der Waals surface area contributed by atoms with Gasteiger partial charge in [-0.1, -0.05) is 19.1 Å². The van der Waals surface area contributed by atoms with Crippen LogP contribution in [0.15, 0.2) is 12.2 Å². The van der Waals surface area contributed by atoms with Gasteiger partial charge in [-0.15, -0.1) is 0 Å². The molecule has 0 aromatic rings. The predicted octanol–water partition coefficient (Wildman–Crippen LogP) is 1.16. The Morgan fingerprint density at radius 3 is 2.33 bits per heavy atom. The number of fused-ring (bicyclic) bond motifs is 2. The molecule has 2 bridgehead atoms. The first-order valence-electron chi connectivity index (χ1n) is 4.26. The van der Waals surface area contributed by atoms with Crippen molar-refractivity contribution < 1.29 is 8.76 Å². The van der Waals surface area contributed by atoms with Crippen molar-refractivity contribution in [3.8, 4) is 0 Å². The average Bonchev–Trinajstić information content (AvgIpc) is 2.24. The first-order chi connectivity index (χ1) is 5.68. The van der Waals surface area contributed by atoms with Crippen molar-refractivity contribution in [2.24, 2.45) is 5.92 Å². The van der Waals surface area contributed by atoms with Crippen LogP contribution in [0.25, 0.3) is 0 Å². The molecule has 1 saturated heterocycles. The van der Waals surface area contributed by atoms with Gasteiger partial charge >= 0.3 is 0 Å². The summed E-state index contributed by atoms with van der Waals surface area (Å²) in [5.74, 6) is 0.676. The average molecular weight is 187 g/mol. The molecule has 0 radical (unpaired) electrons. The fourth-order valence-corrected chi connectivity index (χ4v) is 2.97. The lowest BCUT2D eigenvalue weighted by Crippen LogP contribution is -2.43. The summed E-state index contributed by atoms with van der Waals surface area (Å²) in [6, 6.07) is 0.397. The summed E-state index contributed by atoms with van der Waals surface area (Å²) >= 11 is -1.79. The normalized spacial score (nSPS) is 43.3. The fourth-order valence-electron chi connectivity index (χ4n) is 2.19. The van der Waals surface area contributed by atoms with Crippen LogP contribution in [0.4, 0.5) is 0 Å². The van der Waals surface area contributed by atoms with Gasteiger partial charge in [0.05, 0.1) is 0 Å². The van der Waals surface area contributed by atoms with Gasteiger partial charge in [-0.05, 0) is 18.8 Å². The van der Waals surface area contributed by atoms with Gasteiger partial charge in [0.15, 0.2) is 0 Å². The second kappa shape index (κ2) is 2.94. The van der Waals surface area contributed by atoms with Crippen LogP contribution in [0.3, 0.4) is 0 Å². The maximum atomic E-state index is 10.9. The molecule has 1 N–H and O–H groups in total. The van der Waals surface area contributed by atoms with E-state index < -0.39 is 11.3 Å². The quantitative estimate of drug-likeness (QED) is 0.494. The summed E-state index contributed by atoms with van der Waals surface area (Å²) in [5.41, 5.74) is 0. The highest BCUT2D eigenvalue weighted by atomic mass is 32.2. The largest absolute Gasteiger partial charge is 0.294 e. The maximum Gasteiger partial charge on any atom is 0.235 e. The van der Waals surface area contributed by atoms with Crippen molar-refractivity contribution in [3.63, 3.8) is 0 Å². The van der Waals surface area contributed by atoms with Crippen LogP contribution in [0.5, 0.6) is 0 Å². The van der Waals surface area contributed by atoms with Gasteiger partial charge < -0.3 is 0 Å². The molecule has 3 atom stereocenters. The SMILES string of the molecule is CC1C[C@@H]2C=C[C@@H](C1)N2S(=O)O. The molecule has 2 aliphatic rings. The van der Waals surface area contributed by atoms with E-state index in [0.717, 1.165) is 12.8 Å². The molecular weight excluding hydrogens is 174 g/mol. The molecule has 0 aromatic heterocycles. The van der Waals surface area contributed by atoms with Gasteiger partial charge in [-0.2, -0.15) is 4.31 Å². The van der Waals surface area contributed by atoms with E-state index in [9.17, 15) is 4.21 Å². The molecule has 68 valence electrons. The molecule has 12 heavy (non-hydrogen) atoms. The lowest BCUT2D eigenvalue weighted by molar-refractivity contribution is 0.213. The van der Waals surface area contributed by atoms with Crippen molar-refractivity contribution in [2.75, 3.05) is 0 Å². The van der Waals surface area contributed by atoms with Gasteiger partial charge in [-0.3, -0.25) is 4.55 Å². The molecule has 1 fully saturated rings. The van der Waals surface area contributed by atoms with Crippen LogP contribution in [0, 0.1) is 5.92 Å². The van der Waals surface area contributed by atoms with Crippen molar-refractivity contribution in [3.05, 3.63) is 12.2 Å². The minimum atomic E-state index is -1.79. The van der Waals surface area contributed by atoms with Gasteiger partial charge in [0.2, 0.25) is 11.3 Å². The molecule has 0 aliphatic carbocycles. The molecule has 1 unspecified atom stereocenters. The predicted molar refractivity (Wildman–Crippen MR) is 47.7 cm³/mol. The fraction of sp³-hybridized carbons (Fsp3) is 0.750. The zero-order chi connectivity index (χ0) is 8.72. The van der Waals surface area contributed by atoms with Crippen LogP contribution < -0.4 is 0 Å². The van der Waals surface area contributed by atoms with E-state index in [2.05, 4.69) is 19.1 Å². The third-order valence-electron chi connectivity index (χ3n) is 2.68. The Balaban J connectivity index is 2.17. The van der Waals surface area contributed by atoms with E-state index in [1.54, 1.807) is 4.31 Å². The number of piperidine rings is 1. The summed E-state index contributed by atoms with van der Waals surface area (Å²) in [4.78, 5) is 0. The smallest absolute Gasteiger partial charge is 0.235 e. The Labute approximate surface area is 74.9 Å². The first kappa shape index (κ1) is 8.41. The summed E-state index contributed by atoms with van der Waals surface area (Å²) < 4.78 is 21.6. The summed E-state index contributed by atoms with van der Waals surface area (Å²) in [7, 11) is 0. The van der Waals surface area contributed by atoms with Crippen LogP contribution in [0.1, 0.15) is 19.8 Å². The van der Waals surface area contributed by atoms with E-state index in [1.807, 2.05) is 0 Å². The molecule has 2 aliphatic heterocycles. The lowest BCUT2D eigenvalue weighted by Gasteiger charge is -2.34. The summed E-state index contributed by atoms with van der Waals surface area (Å²) in [6.45, 7) is 2.20. The molecule has 0 saturated carbocycles. The highest BCUT2D eigenvalue weighted by Crippen LogP contribution is 2.34. The molecule has 3 nitrogen and oxygen atoms in total. The lowest BCUT2D eigenvalue weighted by atomic mass is 9.94. The zero-order valence-corrected chi connectivity index (χ0v) is 7.83. The van der Waals surface area contributed by atoms with E-state index in [0.29, 0.717) is 5.92 Å². The van der Waals surface area contributed by atoms with E-state index >= 15 is 0 Å². The van der Waals surface area contributed by atoms with Crippen LogP contribution in [-0.4, -0.2) is 25.2 Å². The molecule has 2 heterocycles. The Hall–Kier alpha value is -0.190. The van der Waals surface area contributed by atoms with E-state index in [1.165, 1.54) is 0 Å². The van der Waals surface area contributed by atoms with E-state index in [-0.39, 0.29) is 12.1 Å². The Bertz CT molecular complexity index is 225. The van der Waals surface area contributed by atoms with Crippen molar-refractivity contribution in [1.82, 2.24) is 4.31 Å². The number of hydrogen-bond acceptors (Lipinski definition) is 1. The van der Waals surface area contributed by atoms with Gasteiger partial charge in [0, 0.05) is 12.1 Å². The molecule has 0 amide bonds. The maximum absolute atomic E-state index is 10.9. The number of rotatable bonds is 1. The second-order valence-corrected chi connectivity index (χ2v) is 4.57. The van der Waals surface area contributed by atoms with Gasteiger partial charge in [0.25, 0.3) is 0 Å². The number of nitrogens with zero attached hydrogens (tertiary/aromatic N) is 1. The minimum absolute atomic E-state index is 0.199.